The molecule has 4 N–H and O–H groups in total. The quantitative estimate of drug-likeness (QED) is 0.616. The summed E-state index contributed by atoms with van der Waals surface area (Å²) in [6, 6.07) is -2.19. The number of hydrogen-bond acceptors (Lipinski definition) is 5. The van der Waals surface area contributed by atoms with E-state index in [1.165, 1.54) is 12.2 Å². The second-order valence-electron chi connectivity index (χ2n) is 4.02. The molecule has 0 spiro atoms. The van der Waals surface area contributed by atoms with Gasteiger partial charge in [0.1, 0.15) is 0 Å². The van der Waals surface area contributed by atoms with Crippen LogP contribution in [0, 0.1) is 0 Å². The van der Waals surface area contributed by atoms with E-state index in [0.29, 0.717) is 6.92 Å². The number of rotatable bonds is 4. The monoisotopic (exact) mass is 296 g/mol. The molecule has 12 heteroatoms. The molecule has 0 aliphatic rings. The fourth-order valence-corrected chi connectivity index (χ4v) is 1.12. The number of alkyl halides is 3. The van der Waals surface area contributed by atoms with Crippen molar-refractivity contribution in [2.45, 2.75) is 31.6 Å². The Morgan fingerprint density at radius 2 is 2.00 bits per heavy atom. The van der Waals surface area contributed by atoms with Crippen LogP contribution >= 0.6 is 0 Å². The molecule has 0 aromatic carbocycles. The van der Waals surface area contributed by atoms with Crippen molar-refractivity contribution in [2.75, 3.05) is 0 Å². The van der Waals surface area contributed by atoms with Gasteiger partial charge in [-0.05, 0) is 13.8 Å². The largest absolute Gasteiger partial charge is 0.479 e. The van der Waals surface area contributed by atoms with Crippen LogP contribution in [0.5, 0.6) is 0 Å². The minimum Gasteiger partial charge on any atom is -0.479 e. The second kappa shape index (κ2) is 5.30. The zero-order valence-electron chi connectivity index (χ0n) is 10.3. The zero-order valence-corrected chi connectivity index (χ0v) is 10.3. The molecule has 0 bridgehead atoms. The first-order valence-corrected chi connectivity index (χ1v) is 5.20. The third-order valence-corrected chi connectivity index (χ3v) is 2.45. The van der Waals surface area contributed by atoms with Gasteiger partial charge in [0.2, 0.25) is 5.54 Å². The molecule has 112 valence electrons. The van der Waals surface area contributed by atoms with Crippen LogP contribution in [0.25, 0.3) is 0 Å². The van der Waals surface area contributed by atoms with Crippen LogP contribution < -0.4 is 10.6 Å². The molecule has 1 aromatic heterocycles. The number of urea groups is 1. The third-order valence-electron chi connectivity index (χ3n) is 2.45. The number of carbonyl (C=O) groups is 2. The molecule has 1 aromatic rings. The lowest BCUT2D eigenvalue weighted by Crippen LogP contribution is -2.63. The fourth-order valence-electron chi connectivity index (χ4n) is 1.12. The number of aromatic nitrogens is 4. The number of nitrogens with zero attached hydrogens (tertiary/aromatic N) is 3. The summed E-state index contributed by atoms with van der Waals surface area (Å²) in [7, 11) is 0. The van der Waals surface area contributed by atoms with Gasteiger partial charge in [0.15, 0.2) is 5.82 Å². The van der Waals surface area contributed by atoms with E-state index in [4.69, 9.17) is 5.11 Å². The maximum atomic E-state index is 12.7. The van der Waals surface area contributed by atoms with Crippen LogP contribution in [0.15, 0.2) is 0 Å². The van der Waals surface area contributed by atoms with E-state index in [2.05, 4.69) is 25.9 Å². The molecule has 0 aliphatic carbocycles. The summed E-state index contributed by atoms with van der Waals surface area (Å²) < 4.78 is 38.0. The first kappa shape index (κ1) is 15.7. The van der Waals surface area contributed by atoms with Gasteiger partial charge in [0.25, 0.3) is 0 Å². The minimum absolute atomic E-state index is 0.0317. The van der Waals surface area contributed by atoms with Crippen molar-refractivity contribution in [3.05, 3.63) is 5.82 Å². The highest BCUT2D eigenvalue weighted by Crippen LogP contribution is 2.30. The van der Waals surface area contributed by atoms with E-state index in [0.717, 1.165) is 0 Å². The van der Waals surface area contributed by atoms with E-state index in [1.54, 1.807) is 0 Å². The minimum atomic E-state index is -5.16. The smallest absolute Gasteiger partial charge is 0.422 e. The molecule has 2 unspecified atom stereocenters. The van der Waals surface area contributed by atoms with Crippen LogP contribution in [-0.2, 0) is 4.79 Å². The number of amides is 2. The number of nitrogens with one attached hydrogen (secondary N) is 3. The first-order chi connectivity index (χ1) is 9.08. The van der Waals surface area contributed by atoms with E-state index in [1.807, 2.05) is 0 Å². The van der Waals surface area contributed by atoms with E-state index >= 15 is 0 Å². The summed E-state index contributed by atoms with van der Waals surface area (Å²) in [5, 5.41) is 24.4. The van der Waals surface area contributed by atoms with Gasteiger partial charge in [-0.25, -0.2) is 9.59 Å². The molecule has 9 nitrogen and oxygen atoms in total. The second-order valence-corrected chi connectivity index (χ2v) is 4.02. The number of hydrogen-bond donors (Lipinski definition) is 4. The molecule has 1 heterocycles. The molecular formula is C8H11F3N6O3. The van der Waals surface area contributed by atoms with Gasteiger partial charge in [0, 0.05) is 0 Å². The zero-order chi connectivity index (χ0) is 15.6. The summed E-state index contributed by atoms with van der Waals surface area (Å²) in [4.78, 5) is 22.2. The van der Waals surface area contributed by atoms with E-state index in [9.17, 15) is 22.8 Å². The number of tetrazole rings is 1. The van der Waals surface area contributed by atoms with Crippen LogP contribution in [-0.4, -0.2) is 49.4 Å². The normalized spacial score (nSPS) is 16.1. The summed E-state index contributed by atoms with van der Waals surface area (Å²) in [5.41, 5.74) is -3.41. The molecule has 0 aliphatic heterocycles. The number of carbonyl (C=O) groups excluding carboxylic acids is 1. The molecule has 2 atom stereocenters. The number of aliphatic carboxylic acids is 1. The number of halogens is 3. The number of aromatic amines is 1. The van der Waals surface area contributed by atoms with Gasteiger partial charge < -0.3 is 15.7 Å². The van der Waals surface area contributed by atoms with Crippen molar-refractivity contribution in [1.29, 1.82) is 0 Å². The highest BCUT2D eigenvalue weighted by molar-refractivity contribution is 5.86. The molecule has 0 saturated heterocycles. The molecule has 20 heavy (non-hydrogen) atoms. The Kier molecular flexibility index (Phi) is 4.15. The highest BCUT2D eigenvalue weighted by atomic mass is 19.4. The van der Waals surface area contributed by atoms with Crippen molar-refractivity contribution in [2.24, 2.45) is 0 Å². The maximum Gasteiger partial charge on any atom is 0.422 e. The van der Waals surface area contributed by atoms with Gasteiger partial charge in [-0.1, -0.05) is 5.21 Å². The number of H-pyrrole nitrogens is 1. The van der Waals surface area contributed by atoms with Crippen LogP contribution in [0.1, 0.15) is 25.7 Å². The Hall–Kier alpha value is -2.40. The van der Waals surface area contributed by atoms with Gasteiger partial charge in [-0.2, -0.15) is 18.4 Å². The predicted molar refractivity (Wildman–Crippen MR) is 56.4 cm³/mol. The first-order valence-electron chi connectivity index (χ1n) is 5.20. The van der Waals surface area contributed by atoms with Crippen molar-refractivity contribution in [1.82, 2.24) is 31.3 Å². The SMILES string of the molecule is CC(NC(=O)NC(C)(C(=O)O)C(F)(F)F)c1nn[nH]n1. The number of carboxylic acid groups (broad SMARTS) is 1. The van der Waals surface area contributed by atoms with Crippen molar-refractivity contribution >= 4 is 12.0 Å². The Bertz CT molecular complexity index is 490. The Morgan fingerprint density at radius 3 is 2.40 bits per heavy atom. The topological polar surface area (TPSA) is 133 Å². The number of carboxylic acids is 1. The van der Waals surface area contributed by atoms with Gasteiger partial charge in [-0.3, -0.25) is 0 Å². The average Bonchev–Trinajstić information content (AvgIpc) is 2.79. The van der Waals surface area contributed by atoms with Gasteiger partial charge >= 0.3 is 18.2 Å². The van der Waals surface area contributed by atoms with Crippen LogP contribution in [0.2, 0.25) is 0 Å². The fraction of sp³-hybridized carbons (Fsp3) is 0.625. The predicted octanol–water partition coefficient (Wildman–Crippen LogP) is -0.0345. The highest BCUT2D eigenvalue weighted by Gasteiger charge is 2.58. The summed E-state index contributed by atoms with van der Waals surface area (Å²) in [5.74, 6) is -2.20. The summed E-state index contributed by atoms with van der Waals surface area (Å²) in [6.07, 6.45) is -5.16. The maximum absolute atomic E-state index is 12.7. The molecule has 2 amide bonds. The third kappa shape index (κ3) is 3.13. The Morgan fingerprint density at radius 1 is 1.40 bits per heavy atom. The van der Waals surface area contributed by atoms with E-state index < -0.39 is 29.8 Å². The van der Waals surface area contributed by atoms with Crippen molar-refractivity contribution < 1.29 is 27.9 Å². The molecule has 0 radical (unpaired) electrons. The summed E-state index contributed by atoms with van der Waals surface area (Å²) in [6.45, 7) is 1.73. The lowest BCUT2D eigenvalue weighted by atomic mass is 10.0. The average molecular weight is 296 g/mol. The standard InChI is InChI=1S/C8H11F3N6O3/c1-3(4-14-16-17-15-4)12-6(20)13-7(2,5(18)19)8(9,10)11/h3H,1-2H3,(H,18,19)(H2,12,13,20)(H,14,15,16,17). The van der Waals surface area contributed by atoms with Crippen molar-refractivity contribution in [3.8, 4) is 0 Å². The van der Waals surface area contributed by atoms with Crippen molar-refractivity contribution in [3.63, 3.8) is 0 Å². The molecule has 1 rings (SSSR count). The molecular weight excluding hydrogens is 285 g/mol. The molecule has 0 fully saturated rings. The molecule has 0 saturated carbocycles. The van der Waals surface area contributed by atoms with Gasteiger partial charge in [-0.15, -0.1) is 10.2 Å². The summed E-state index contributed by atoms with van der Waals surface area (Å²) >= 11 is 0. The lowest BCUT2D eigenvalue weighted by Gasteiger charge is -2.28. The van der Waals surface area contributed by atoms with Crippen LogP contribution in [0.4, 0.5) is 18.0 Å². The Labute approximate surface area is 109 Å². The Balaban J connectivity index is 2.76. The lowest BCUT2D eigenvalue weighted by molar-refractivity contribution is -0.203. The van der Waals surface area contributed by atoms with Gasteiger partial charge in [0.05, 0.1) is 6.04 Å². The van der Waals surface area contributed by atoms with E-state index in [-0.39, 0.29) is 5.82 Å². The van der Waals surface area contributed by atoms with Crippen LogP contribution in [0.3, 0.4) is 0 Å².